The van der Waals surface area contributed by atoms with E-state index in [-0.39, 0.29) is 17.9 Å². The molecule has 0 saturated carbocycles. The molecule has 0 aromatic heterocycles. The zero-order chi connectivity index (χ0) is 14.4. The van der Waals surface area contributed by atoms with Gasteiger partial charge in [0.1, 0.15) is 6.23 Å². The van der Waals surface area contributed by atoms with Crippen molar-refractivity contribution < 1.29 is 15.3 Å². The topological polar surface area (TPSA) is 90.0 Å². The Morgan fingerprint density at radius 1 is 1.32 bits per heavy atom. The minimum Gasteiger partial charge on any atom is -0.377 e. The van der Waals surface area contributed by atoms with E-state index in [4.69, 9.17) is 13.6 Å². The Morgan fingerprint density at radius 3 is 2.53 bits per heavy atom. The van der Waals surface area contributed by atoms with Gasteiger partial charge in [0, 0.05) is 25.0 Å². The van der Waals surface area contributed by atoms with Crippen molar-refractivity contribution in [1.29, 1.82) is 0 Å². The van der Waals surface area contributed by atoms with Crippen molar-refractivity contribution in [2.75, 3.05) is 13.1 Å². The maximum absolute atomic E-state index is 10.2. The van der Waals surface area contributed by atoms with Gasteiger partial charge in [0.15, 0.2) is 6.29 Å². The van der Waals surface area contributed by atoms with Crippen LogP contribution in [0.25, 0.3) is 0 Å². The van der Waals surface area contributed by atoms with Crippen molar-refractivity contribution in [3.63, 3.8) is 0 Å². The average Bonchev–Trinajstić information content (AvgIpc) is 2.79. The van der Waals surface area contributed by atoms with Gasteiger partial charge >= 0.3 is 0 Å². The van der Waals surface area contributed by atoms with Crippen LogP contribution in [0.1, 0.15) is 32.6 Å². The van der Waals surface area contributed by atoms with E-state index in [1.807, 2.05) is 11.8 Å². The van der Waals surface area contributed by atoms with Crippen molar-refractivity contribution in [2.45, 2.75) is 57.5 Å². The van der Waals surface area contributed by atoms with E-state index in [1.165, 1.54) is 0 Å². The molecule has 6 heteroatoms. The molecule has 1 saturated heterocycles. The first-order valence-corrected chi connectivity index (χ1v) is 7.25. The summed E-state index contributed by atoms with van der Waals surface area (Å²) >= 11 is 0. The molecule has 0 aromatic rings. The lowest BCUT2D eigenvalue weighted by molar-refractivity contribution is -0.0947. The van der Waals surface area contributed by atoms with E-state index < -0.39 is 12.5 Å². The molecular weight excluding hydrogens is 243 g/mol. The third kappa shape index (κ3) is 4.72. The summed E-state index contributed by atoms with van der Waals surface area (Å²) in [4.78, 5) is 1.87. The second-order valence-corrected chi connectivity index (χ2v) is 5.59. The first-order valence-electron chi connectivity index (χ1n) is 7.25. The van der Waals surface area contributed by atoms with E-state index in [0.29, 0.717) is 19.4 Å². The standard InChI is InChI=1S/C13H27BN2O3/c1-2-4-11(15)12(17)16-7-9(5-3-6-14)10(8-16)13(18)19/h9-13,17-19H,2-8,15H2,1H3/t9-,10+,11-,12?/m0/s1. The van der Waals surface area contributed by atoms with E-state index in [2.05, 4.69) is 0 Å². The highest BCUT2D eigenvalue weighted by Gasteiger charge is 2.39. The maximum atomic E-state index is 10.2. The van der Waals surface area contributed by atoms with Gasteiger partial charge in [0.2, 0.25) is 0 Å². The summed E-state index contributed by atoms with van der Waals surface area (Å²) in [5.41, 5.74) is 5.94. The maximum Gasteiger partial charge on any atom is 0.155 e. The van der Waals surface area contributed by atoms with Crippen LogP contribution < -0.4 is 5.73 Å². The molecule has 5 nitrogen and oxygen atoms in total. The lowest BCUT2D eigenvalue weighted by Gasteiger charge is -2.28. The largest absolute Gasteiger partial charge is 0.377 e. The summed E-state index contributed by atoms with van der Waals surface area (Å²) in [5.74, 6) is -0.0675. The average molecular weight is 270 g/mol. The van der Waals surface area contributed by atoms with Crippen molar-refractivity contribution in [2.24, 2.45) is 17.6 Å². The van der Waals surface area contributed by atoms with E-state index in [0.717, 1.165) is 25.7 Å². The predicted molar refractivity (Wildman–Crippen MR) is 75.5 cm³/mol. The first-order chi connectivity index (χ1) is 9.01. The molecule has 0 bridgehead atoms. The molecular formula is C13H27BN2O3. The van der Waals surface area contributed by atoms with Gasteiger partial charge in [-0.25, -0.2) is 0 Å². The second-order valence-electron chi connectivity index (χ2n) is 5.59. The van der Waals surface area contributed by atoms with Crippen LogP contribution in [-0.4, -0.2) is 59.7 Å². The smallest absolute Gasteiger partial charge is 0.155 e. The lowest BCUT2D eigenvalue weighted by atomic mass is 9.88. The fraction of sp³-hybridized carbons (Fsp3) is 1.00. The Balaban J connectivity index is 2.58. The quantitative estimate of drug-likeness (QED) is 0.358. The predicted octanol–water partition coefficient (Wildman–Crippen LogP) is -0.342. The number of nitrogens with two attached hydrogens (primary N) is 1. The van der Waals surface area contributed by atoms with E-state index in [9.17, 15) is 15.3 Å². The summed E-state index contributed by atoms with van der Waals surface area (Å²) in [7, 11) is 5.50. The van der Waals surface area contributed by atoms with Gasteiger partial charge in [-0.15, -0.1) is 0 Å². The normalized spacial score (nSPS) is 27.9. The van der Waals surface area contributed by atoms with Gasteiger partial charge in [-0.05, 0) is 18.8 Å². The molecule has 1 aliphatic rings. The Labute approximate surface area is 117 Å². The molecule has 1 aliphatic heterocycles. The molecule has 0 aliphatic carbocycles. The lowest BCUT2D eigenvalue weighted by Crippen LogP contribution is -2.47. The zero-order valence-electron chi connectivity index (χ0n) is 11.8. The number of aliphatic hydroxyl groups excluding tert-OH is 2. The molecule has 4 atom stereocenters. The fourth-order valence-electron chi connectivity index (χ4n) is 2.92. The number of nitrogens with zero attached hydrogens (tertiary/aromatic N) is 1. The van der Waals surface area contributed by atoms with Gasteiger partial charge in [0.25, 0.3) is 0 Å². The molecule has 1 rings (SSSR count). The van der Waals surface area contributed by atoms with Gasteiger partial charge in [-0.2, -0.15) is 0 Å². The number of aliphatic hydroxyl groups is 3. The van der Waals surface area contributed by atoms with E-state index >= 15 is 0 Å². The van der Waals surface area contributed by atoms with Gasteiger partial charge in [-0.3, -0.25) is 4.90 Å². The Morgan fingerprint density at radius 2 is 2.00 bits per heavy atom. The Hall–Kier alpha value is -0.135. The van der Waals surface area contributed by atoms with Crippen LogP contribution >= 0.6 is 0 Å². The van der Waals surface area contributed by atoms with Crippen LogP contribution in [0.5, 0.6) is 0 Å². The summed E-state index contributed by atoms with van der Waals surface area (Å²) in [6, 6.07) is -0.283. The highest BCUT2D eigenvalue weighted by molar-refractivity contribution is 6.08. The fourth-order valence-corrected chi connectivity index (χ4v) is 2.92. The minimum atomic E-state index is -1.35. The SMILES string of the molecule is [B]CCC[C@H]1CN(C(O)[C@@H](N)CCC)C[C@H]1C(O)O. The first kappa shape index (κ1) is 16.9. The van der Waals surface area contributed by atoms with Crippen LogP contribution in [0.15, 0.2) is 0 Å². The van der Waals surface area contributed by atoms with Gasteiger partial charge in [-0.1, -0.05) is 26.1 Å². The third-order valence-electron chi connectivity index (χ3n) is 4.06. The molecule has 0 spiro atoms. The molecule has 0 amide bonds. The van der Waals surface area contributed by atoms with Gasteiger partial charge in [0.05, 0.1) is 7.85 Å². The Kier molecular flexibility index (Phi) is 7.32. The number of hydrogen-bond acceptors (Lipinski definition) is 5. The number of hydrogen-bond donors (Lipinski definition) is 4. The molecule has 19 heavy (non-hydrogen) atoms. The van der Waals surface area contributed by atoms with Crippen LogP contribution in [0.4, 0.5) is 0 Å². The van der Waals surface area contributed by atoms with Gasteiger partial charge < -0.3 is 21.1 Å². The van der Waals surface area contributed by atoms with Crippen LogP contribution in [-0.2, 0) is 0 Å². The summed E-state index contributed by atoms with van der Waals surface area (Å²) < 4.78 is 0. The second kappa shape index (κ2) is 8.22. The molecule has 1 heterocycles. The monoisotopic (exact) mass is 270 g/mol. The summed E-state index contributed by atoms with van der Waals surface area (Å²) in [6.45, 7) is 3.16. The third-order valence-corrected chi connectivity index (χ3v) is 4.06. The minimum absolute atomic E-state index is 0.159. The molecule has 0 aromatic carbocycles. The van der Waals surface area contributed by atoms with Crippen LogP contribution in [0.2, 0.25) is 6.32 Å². The molecule has 2 radical (unpaired) electrons. The summed E-state index contributed by atoms with van der Waals surface area (Å²) in [5, 5.41) is 29.1. The van der Waals surface area contributed by atoms with Crippen molar-refractivity contribution >= 4 is 7.85 Å². The van der Waals surface area contributed by atoms with Crippen molar-refractivity contribution in [3.8, 4) is 0 Å². The molecule has 1 fully saturated rings. The highest BCUT2D eigenvalue weighted by Crippen LogP contribution is 2.31. The number of rotatable bonds is 8. The van der Waals surface area contributed by atoms with E-state index in [1.54, 1.807) is 0 Å². The van der Waals surface area contributed by atoms with Crippen molar-refractivity contribution in [1.82, 2.24) is 4.90 Å². The van der Waals surface area contributed by atoms with Crippen LogP contribution in [0.3, 0.4) is 0 Å². The molecule has 110 valence electrons. The highest BCUT2D eigenvalue weighted by atomic mass is 16.5. The molecule has 1 unspecified atom stereocenters. The van der Waals surface area contributed by atoms with Crippen LogP contribution in [0, 0.1) is 11.8 Å². The zero-order valence-corrected chi connectivity index (χ0v) is 11.8. The molecule has 5 N–H and O–H groups in total. The number of likely N-dealkylation sites (tertiary alicyclic amines) is 1. The Bertz CT molecular complexity index is 256. The van der Waals surface area contributed by atoms with Crippen molar-refractivity contribution in [3.05, 3.63) is 0 Å². The summed E-state index contributed by atoms with van der Waals surface area (Å²) in [6.07, 6.45) is 1.95.